The molecule has 1 aliphatic carbocycles. The molecule has 0 spiro atoms. The number of nitrogens with zero attached hydrogens (tertiary/aromatic N) is 1. The van der Waals surface area contributed by atoms with Crippen LogP contribution in [0.3, 0.4) is 0 Å². The highest BCUT2D eigenvalue weighted by atomic mass is 16.2. The van der Waals surface area contributed by atoms with Crippen LogP contribution in [-0.4, -0.2) is 23.2 Å². The van der Waals surface area contributed by atoms with Crippen molar-refractivity contribution < 1.29 is 4.79 Å². The summed E-state index contributed by atoms with van der Waals surface area (Å²) in [7, 11) is 2.06. The van der Waals surface area contributed by atoms with E-state index < -0.39 is 0 Å². The molecule has 1 fully saturated rings. The summed E-state index contributed by atoms with van der Waals surface area (Å²) in [5, 5.41) is 7.30. The summed E-state index contributed by atoms with van der Waals surface area (Å²) in [5.41, 5.74) is 2.53. The molecule has 4 heteroatoms. The minimum Gasteiger partial charge on any atom is -0.350 e. The van der Waals surface area contributed by atoms with Crippen LogP contribution in [0, 0.1) is 0 Å². The zero-order chi connectivity index (χ0) is 14.7. The van der Waals surface area contributed by atoms with E-state index in [1.165, 1.54) is 29.3 Å². The van der Waals surface area contributed by atoms with Crippen molar-refractivity contribution in [2.75, 3.05) is 6.54 Å². The lowest BCUT2D eigenvalue weighted by atomic mass is 10.1. The number of hydrogen-bond donors (Lipinski definition) is 2. The highest BCUT2D eigenvalue weighted by Crippen LogP contribution is 2.20. The molecule has 2 N–H and O–H groups in total. The van der Waals surface area contributed by atoms with Crippen LogP contribution in [0.5, 0.6) is 0 Å². The molecular formula is C17H23N3O. The molecule has 0 unspecified atom stereocenters. The maximum atomic E-state index is 11.8. The van der Waals surface area contributed by atoms with Crippen LogP contribution in [0.4, 0.5) is 4.79 Å². The van der Waals surface area contributed by atoms with Gasteiger partial charge < -0.3 is 15.2 Å². The van der Waals surface area contributed by atoms with Gasteiger partial charge in [-0.3, -0.25) is 0 Å². The van der Waals surface area contributed by atoms with Crippen LogP contribution in [-0.2, 0) is 13.5 Å². The number of urea groups is 1. The third-order valence-corrected chi connectivity index (χ3v) is 4.35. The molecule has 1 aromatic carbocycles. The Morgan fingerprint density at radius 3 is 2.86 bits per heavy atom. The summed E-state index contributed by atoms with van der Waals surface area (Å²) < 4.78 is 2.14. The fourth-order valence-electron chi connectivity index (χ4n) is 3.24. The van der Waals surface area contributed by atoms with Gasteiger partial charge in [0.05, 0.1) is 0 Å². The maximum Gasteiger partial charge on any atom is 0.315 e. The quantitative estimate of drug-likeness (QED) is 0.891. The van der Waals surface area contributed by atoms with Gasteiger partial charge in [0.1, 0.15) is 0 Å². The number of para-hydroxylation sites is 1. The molecule has 1 aliphatic rings. The molecule has 4 nitrogen and oxygen atoms in total. The van der Waals surface area contributed by atoms with Crippen molar-refractivity contribution in [1.29, 1.82) is 0 Å². The molecule has 1 aromatic heterocycles. The zero-order valence-corrected chi connectivity index (χ0v) is 12.6. The standard InChI is InChI=1S/C17H23N3O/c1-20-12-13(15-8-4-5-9-16(15)20)10-11-18-17(21)19-14-6-2-3-7-14/h4-5,8-9,12,14H,2-3,6-7,10-11H2,1H3,(H2,18,19,21). The van der Waals surface area contributed by atoms with E-state index >= 15 is 0 Å². The summed E-state index contributed by atoms with van der Waals surface area (Å²) in [5.74, 6) is 0. The number of benzene rings is 1. The second-order valence-electron chi connectivity index (χ2n) is 5.91. The normalized spacial score (nSPS) is 15.5. The molecule has 1 heterocycles. The zero-order valence-electron chi connectivity index (χ0n) is 12.6. The number of aromatic nitrogens is 1. The first kappa shape index (κ1) is 14.0. The first-order valence-corrected chi connectivity index (χ1v) is 7.81. The summed E-state index contributed by atoms with van der Waals surface area (Å²) >= 11 is 0. The first-order valence-electron chi connectivity index (χ1n) is 7.81. The van der Waals surface area contributed by atoms with Crippen LogP contribution in [0.25, 0.3) is 10.9 Å². The molecule has 112 valence electrons. The minimum atomic E-state index is -0.0258. The van der Waals surface area contributed by atoms with Gasteiger partial charge in [0, 0.05) is 36.7 Å². The van der Waals surface area contributed by atoms with E-state index in [9.17, 15) is 4.79 Å². The molecule has 0 radical (unpaired) electrons. The van der Waals surface area contributed by atoms with Gasteiger partial charge in [0.15, 0.2) is 0 Å². The Labute approximate surface area is 125 Å². The number of nitrogens with one attached hydrogen (secondary N) is 2. The molecular weight excluding hydrogens is 262 g/mol. The van der Waals surface area contributed by atoms with E-state index in [1.54, 1.807) is 0 Å². The number of fused-ring (bicyclic) bond motifs is 1. The Hall–Kier alpha value is -1.97. The third-order valence-electron chi connectivity index (χ3n) is 4.35. The van der Waals surface area contributed by atoms with Crippen molar-refractivity contribution in [3.8, 4) is 0 Å². The first-order chi connectivity index (χ1) is 10.2. The second kappa shape index (κ2) is 6.20. The molecule has 0 saturated heterocycles. The molecule has 0 bridgehead atoms. The van der Waals surface area contributed by atoms with Gasteiger partial charge in [-0.15, -0.1) is 0 Å². The largest absolute Gasteiger partial charge is 0.350 e. The predicted octanol–water partition coefficient (Wildman–Crippen LogP) is 2.96. The van der Waals surface area contributed by atoms with E-state index in [1.807, 2.05) is 0 Å². The van der Waals surface area contributed by atoms with Gasteiger partial charge in [0.25, 0.3) is 0 Å². The number of carbonyl (C=O) groups is 1. The van der Waals surface area contributed by atoms with Crippen molar-refractivity contribution in [3.05, 3.63) is 36.0 Å². The highest BCUT2D eigenvalue weighted by molar-refractivity contribution is 5.84. The maximum absolute atomic E-state index is 11.8. The van der Waals surface area contributed by atoms with Crippen molar-refractivity contribution in [1.82, 2.24) is 15.2 Å². The van der Waals surface area contributed by atoms with E-state index in [2.05, 4.69) is 52.7 Å². The number of hydrogen-bond acceptors (Lipinski definition) is 1. The molecule has 0 atom stereocenters. The lowest BCUT2D eigenvalue weighted by molar-refractivity contribution is 0.237. The monoisotopic (exact) mass is 285 g/mol. The molecule has 2 amide bonds. The molecule has 21 heavy (non-hydrogen) atoms. The fourth-order valence-corrected chi connectivity index (χ4v) is 3.24. The fraction of sp³-hybridized carbons (Fsp3) is 0.471. The van der Waals surface area contributed by atoms with E-state index in [-0.39, 0.29) is 6.03 Å². The van der Waals surface area contributed by atoms with Crippen molar-refractivity contribution in [2.24, 2.45) is 7.05 Å². The Morgan fingerprint density at radius 2 is 2.05 bits per heavy atom. The molecule has 1 saturated carbocycles. The Morgan fingerprint density at radius 1 is 1.29 bits per heavy atom. The summed E-state index contributed by atoms with van der Waals surface area (Å²) in [6.07, 6.45) is 7.73. The van der Waals surface area contributed by atoms with Gasteiger partial charge >= 0.3 is 6.03 Å². The van der Waals surface area contributed by atoms with Crippen LogP contribution in [0.1, 0.15) is 31.2 Å². The van der Waals surface area contributed by atoms with Gasteiger partial charge in [0.2, 0.25) is 0 Å². The van der Waals surface area contributed by atoms with Gasteiger partial charge in [-0.1, -0.05) is 31.0 Å². The number of amides is 2. The molecule has 3 rings (SSSR count). The van der Waals surface area contributed by atoms with Crippen molar-refractivity contribution in [2.45, 2.75) is 38.1 Å². The number of carbonyl (C=O) groups excluding carboxylic acids is 1. The van der Waals surface area contributed by atoms with Crippen LogP contribution < -0.4 is 10.6 Å². The van der Waals surface area contributed by atoms with Crippen molar-refractivity contribution >= 4 is 16.9 Å². The summed E-state index contributed by atoms with van der Waals surface area (Å²) in [4.78, 5) is 11.8. The van der Waals surface area contributed by atoms with E-state index in [4.69, 9.17) is 0 Å². The molecule has 2 aromatic rings. The lowest BCUT2D eigenvalue weighted by Crippen LogP contribution is -2.41. The van der Waals surface area contributed by atoms with Crippen LogP contribution >= 0.6 is 0 Å². The SMILES string of the molecule is Cn1cc(CCNC(=O)NC2CCCC2)c2ccccc21. The Bertz CT molecular complexity index is 626. The lowest BCUT2D eigenvalue weighted by Gasteiger charge is -2.12. The van der Waals surface area contributed by atoms with Crippen LogP contribution in [0.2, 0.25) is 0 Å². The third kappa shape index (κ3) is 3.20. The van der Waals surface area contributed by atoms with E-state index in [0.717, 1.165) is 19.3 Å². The highest BCUT2D eigenvalue weighted by Gasteiger charge is 2.16. The van der Waals surface area contributed by atoms with E-state index in [0.29, 0.717) is 12.6 Å². The average molecular weight is 285 g/mol. The smallest absolute Gasteiger partial charge is 0.315 e. The van der Waals surface area contributed by atoms with Gasteiger partial charge in [-0.25, -0.2) is 4.79 Å². The number of rotatable bonds is 4. The topological polar surface area (TPSA) is 46.1 Å². The molecule has 0 aliphatic heterocycles. The van der Waals surface area contributed by atoms with Crippen LogP contribution in [0.15, 0.2) is 30.5 Å². The van der Waals surface area contributed by atoms with Crippen molar-refractivity contribution in [3.63, 3.8) is 0 Å². The summed E-state index contributed by atoms with van der Waals surface area (Å²) in [6.45, 7) is 0.673. The second-order valence-corrected chi connectivity index (χ2v) is 5.91. The van der Waals surface area contributed by atoms with Gasteiger partial charge in [-0.2, -0.15) is 0 Å². The minimum absolute atomic E-state index is 0.0258. The average Bonchev–Trinajstić information content (AvgIpc) is 3.09. The predicted molar refractivity (Wildman–Crippen MR) is 85.4 cm³/mol. The number of aryl methyl sites for hydroxylation is 1. The van der Waals surface area contributed by atoms with Gasteiger partial charge in [-0.05, 0) is 30.9 Å². The summed E-state index contributed by atoms with van der Waals surface area (Å²) in [6, 6.07) is 8.73. The Kier molecular flexibility index (Phi) is 4.13. The Balaban J connectivity index is 1.53.